The first-order valence-electron chi connectivity index (χ1n) is 8.08. The van der Waals surface area contributed by atoms with E-state index in [1.807, 2.05) is 19.1 Å². The normalized spacial score (nSPS) is 11.5. The highest BCUT2D eigenvalue weighted by Crippen LogP contribution is 2.23. The quantitative estimate of drug-likeness (QED) is 0.780. The molecule has 0 spiro atoms. The summed E-state index contributed by atoms with van der Waals surface area (Å²) in [5.74, 6) is 0.879. The zero-order valence-electron chi connectivity index (χ0n) is 15.6. The molecule has 0 aliphatic carbocycles. The number of aliphatic imine (C=N–C) groups is 1. The standard InChI is InChI=1S/C18H23N3O5/c1-6-14(15-16(22)20(2)18(24)21(3)17(15)23)19-10-11-7-12(25-4)9-13(8-11)26-5/h7-9,22H,6,10H2,1-5H3. The van der Waals surface area contributed by atoms with Crippen LogP contribution >= 0.6 is 0 Å². The fourth-order valence-electron chi connectivity index (χ4n) is 2.60. The predicted octanol–water partition coefficient (Wildman–Crippen LogP) is 1.21. The predicted molar refractivity (Wildman–Crippen MR) is 98.7 cm³/mol. The summed E-state index contributed by atoms with van der Waals surface area (Å²) in [7, 11) is 5.89. The minimum atomic E-state index is -0.593. The van der Waals surface area contributed by atoms with Crippen LogP contribution < -0.4 is 20.7 Å². The second-order valence-corrected chi connectivity index (χ2v) is 5.74. The molecule has 2 aromatic rings. The van der Waals surface area contributed by atoms with Gasteiger partial charge in [-0.1, -0.05) is 6.92 Å². The van der Waals surface area contributed by atoms with Crippen molar-refractivity contribution in [2.24, 2.45) is 19.1 Å². The lowest BCUT2D eigenvalue weighted by molar-refractivity contribution is 0.393. The van der Waals surface area contributed by atoms with Crippen LogP contribution in [-0.4, -0.2) is 34.2 Å². The summed E-state index contributed by atoms with van der Waals surface area (Å²) in [5, 5.41) is 10.3. The van der Waals surface area contributed by atoms with E-state index in [1.54, 1.807) is 20.3 Å². The number of methoxy groups -OCH3 is 2. The Balaban J connectivity index is 2.51. The molecule has 0 aliphatic heterocycles. The Morgan fingerprint density at radius 1 is 1.08 bits per heavy atom. The first-order chi connectivity index (χ1) is 12.3. The number of aromatic nitrogens is 2. The lowest BCUT2D eigenvalue weighted by Crippen LogP contribution is -2.40. The van der Waals surface area contributed by atoms with Crippen LogP contribution in [0.25, 0.3) is 0 Å². The second kappa shape index (κ2) is 7.90. The van der Waals surface area contributed by atoms with E-state index in [4.69, 9.17) is 9.47 Å². The maximum atomic E-state index is 12.4. The van der Waals surface area contributed by atoms with Gasteiger partial charge >= 0.3 is 5.69 Å². The average molecular weight is 361 g/mol. The Hall–Kier alpha value is -3.03. The van der Waals surface area contributed by atoms with Gasteiger partial charge in [0, 0.05) is 20.2 Å². The number of nitrogens with zero attached hydrogens (tertiary/aromatic N) is 3. The maximum Gasteiger partial charge on any atom is 0.333 e. The summed E-state index contributed by atoms with van der Waals surface area (Å²) in [4.78, 5) is 28.8. The lowest BCUT2D eigenvalue weighted by Gasteiger charge is -2.12. The van der Waals surface area contributed by atoms with Crippen molar-refractivity contribution in [2.45, 2.75) is 19.9 Å². The molecule has 1 aromatic carbocycles. The molecule has 8 heteroatoms. The molecule has 0 radical (unpaired) electrons. The fourth-order valence-corrected chi connectivity index (χ4v) is 2.60. The zero-order valence-corrected chi connectivity index (χ0v) is 15.6. The minimum Gasteiger partial charge on any atom is -0.497 e. The highest BCUT2D eigenvalue weighted by molar-refractivity contribution is 6.01. The monoisotopic (exact) mass is 361 g/mol. The van der Waals surface area contributed by atoms with Gasteiger partial charge in [-0.25, -0.2) is 4.79 Å². The summed E-state index contributed by atoms with van der Waals surface area (Å²) < 4.78 is 12.5. The molecule has 0 bridgehead atoms. The summed E-state index contributed by atoms with van der Waals surface area (Å²) in [6, 6.07) is 5.39. The van der Waals surface area contributed by atoms with Gasteiger partial charge in [-0.2, -0.15) is 0 Å². The van der Waals surface area contributed by atoms with Gasteiger partial charge in [-0.15, -0.1) is 0 Å². The molecule has 0 saturated carbocycles. The van der Waals surface area contributed by atoms with Crippen molar-refractivity contribution >= 4 is 5.71 Å². The average Bonchev–Trinajstić information content (AvgIpc) is 2.66. The third kappa shape index (κ3) is 3.63. The van der Waals surface area contributed by atoms with Crippen LogP contribution in [0.1, 0.15) is 24.5 Å². The smallest absolute Gasteiger partial charge is 0.333 e. The molecular formula is C18H23N3O5. The molecule has 0 fully saturated rings. The van der Waals surface area contributed by atoms with Crippen LogP contribution in [0.3, 0.4) is 0 Å². The van der Waals surface area contributed by atoms with E-state index in [0.29, 0.717) is 23.6 Å². The molecular weight excluding hydrogens is 338 g/mol. The zero-order chi connectivity index (χ0) is 19.4. The van der Waals surface area contributed by atoms with Crippen molar-refractivity contribution in [3.63, 3.8) is 0 Å². The molecule has 2 rings (SSSR count). The van der Waals surface area contributed by atoms with Gasteiger partial charge in [0.05, 0.1) is 26.5 Å². The van der Waals surface area contributed by atoms with Gasteiger partial charge in [0.1, 0.15) is 17.1 Å². The van der Waals surface area contributed by atoms with Crippen LogP contribution in [0.2, 0.25) is 0 Å². The number of aromatic hydroxyl groups is 1. The van der Waals surface area contributed by atoms with Crippen molar-refractivity contribution in [2.75, 3.05) is 14.2 Å². The van der Waals surface area contributed by atoms with Gasteiger partial charge < -0.3 is 14.6 Å². The van der Waals surface area contributed by atoms with Gasteiger partial charge in [0.25, 0.3) is 5.56 Å². The van der Waals surface area contributed by atoms with Crippen molar-refractivity contribution in [3.05, 3.63) is 50.2 Å². The first-order valence-corrected chi connectivity index (χ1v) is 8.08. The molecule has 1 aromatic heterocycles. The fraction of sp³-hybridized carbons (Fsp3) is 0.389. The number of hydrogen-bond donors (Lipinski definition) is 1. The Morgan fingerprint density at radius 3 is 2.15 bits per heavy atom. The topological polar surface area (TPSA) is 95.0 Å². The molecule has 0 atom stereocenters. The third-order valence-corrected chi connectivity index (χ3v) is 4.12. The van der Waals surface area contributed by atoms with E-state index in [9.17, 15) is 14.7 Å². The number of ether oxygens (including phenoxy) is 2. The van der Waals surface area contributed by atoms with Gasteiger partial charge in [0.15, 0.2) is 0 Å². The van der Waals surface area contributed by atoms with E-state index >= 15 is 0 Å². The van der Waals surface area contributed by atoms with Crippen LogP contribution in [0.4, 0.5) is 0 Å². The van der Waals surface area contributed by atoms with Crippen LogP contribution in [0.5, 0.6) is 17.4 Å². The molecule has 1 N–H and O–H groups in total. The van der Waals surface area contributed by atoms with Crippen molar-refractivity contribution in [3.8, 4) is 17.4 Å². The molecule has 0 unspecified atom stereocenters. The van der Waals surface area contributed by atoms with E-state index in [0.717, 1.165) is 14.7 Å². The summed E-state index contributed by atoms with van der Waals surface area (Å²) in [6.45, 7) is 2.09. The Labute approximate surface area is 151 Å². The van der Waals surface area contributed by atoms with Crippen molar-refractivity contribution < 1.29 is 14.6 Å². The van der Waals surface area contributed by atoms with Gasteiger partial charge in [0.2, 0.25) is 5.88 Å². The Morgan fingerprint density at radius 2 is 1.65 bits per heavy atom. The van der Waals surface area contributed by atoms with Crippen LogP contribution in [-0.2, 0) is 20.6 Å². The number of benzene rings is 1. The lowest BCUT2D eigenvalue weighted by atomic mass is 10.1. The summed E-state index contributed by atoms with van der Waals surface area (Å²) in [5.41, 5.74) is 0.111. The van der Waals surface area contributed by atoms with Crippen LogP contribution in [0, 0.1) is 0 Å². The SMILES string of the molecule is CCC(=NCc1cc(OC)cc(OC)c1)c1c(O)n(C)c(=O)n(C)c1=O. The Bertz CT molecular complexity index is 934. The third-order valence-electron chi connectivity index (χ3n) is 4.12. The van der Waals surface area contributed by atoms with E-state index in [1.165, 1.54) is 14.1 Å². The molecule has 0 amide bonds. The molecule has 0 saturated heterocycles. The van der Waals surface area contributed by atoms with E-state index in [2.05, 4.69) is 4.99 Å². The minimum absolute atomic E-state index is 0.0342. The molecule has 1 heterocycles. The molecule has 26 heavy (non-hydrogen) atoms. The number of hydrogen-bond acceptors (Lipinski definition) is 6. The van der Waals surface area contributed by atoms with E-state index in [-0.39, 0.29) is 18.0 Å². The summed E-state index contributed by atoms with van der Waals surface area (Å²) >= 11 is 0. The van der Waals surface area contributed by atoms with Gasteiger partial charge in [-0.05, 0) is 24.1 Å². The molecule has 8 nitrogen and oxygen atoms in total. The second-order valence-electron chi connectivity index (χ2n) is 5.74. The highest BCUT2D eigenvalue weighted by Gasteiger charge is 2.18. The Kier molecular flexibility index (Phi) is 5.86. The molecule has 140 valence electrons. The molecule has 0 aliphatic rings. The largest absolute Gasteiger partial charge is 0.497 e. The van der Waals surface area contributed by atoms with Gasteiger partial charge in [-0.3, -0.25) is 18.9 Å². The first kappa shape index (κ1) is 19.3. The van der Waals surface area contributed by atoms with E-state index < -0.39 is 11.2 Å². The maximum absolute atomic E-state index is 12.4. The van der Waals surface area contributed by atoms with Crippen LogP contribution in [0.15, 0.2) is 32.8 Å². The van der Waals surface area contributed by atoms with Crippen molar-refractivity contribution in [1.29, 1.82) is 0 Å². The summed E-state index contributed by atoms with van der Waals surface area (Å²) in [6.07, 6.45) is 0.419. The van der Waals surface area contributed by atoms with Crippen molar-refractivity contribution in [1.82, 2.24) is 9.13 Å². The number of rotatable bonds is 6. The highest BCUT2D eigenvalue weighted by atomic mass is 16.5.